The number of ketones is 1. The number of ether oxygens (including phenoxy) is 3. The van der Waals surface area contributed by atoms with E-state index in [0.717, 1.165) is 29.9 Å². The fraction of sp³-hybridized carbons (Fsp3) is 0.364. The molecule has 1 aromatic heterocycles. The van der Waals surface area contributed by atoms with Crippen LogP contribution in [0.5, 0.6) is 11.5 Å². The molecule has 0 fully saturated rings. The Morgan fingerprint density at radius 1 is 1.14 bits per heavy atom. The average Bonchev–Trinajstić information content (AvgIpc) is 2.85. The Morgan fingerprint density at radius 3 is 2.61 bits per heavy atom. The molecular formula is C22H25NO5. The number of aryl methyl sites for hydroxylation is 1. The average molecular weight is 383 g/mol. The van der Waals surface area contributed by atoms with Gasteiger partial charge in [-0.2, -0.15) is 0 Å². The Kier molecular flexibility index (Phi) is 6.19. The molecule has 6 heteroatoms. The molecule has 6 nitrogen and oxygen atoms in total. The molecule has 2 heterocycles. The van der Waals surface area contributed by atoms with Crippen molar-refractivity contribution in [3.8, 4) is 11.5 Å². The van der Waals surface area contributed by atoms with Crippen molar-refractivity contribution in [2.45, 2.75) is 33.7 Å². The lowest BCUT2D eigenvalue weighted by Gasteiger charge is -2.07. The van der Waals surface area contributed by atoms with Gasteiger partial charge >= 0.3 is 5.97 Å². The topological polar surface area (TPSA) is 66.8 Å². The first-order valence-corrected chi connectivity index (χ1v) is 9.44. The first-order chi connectivity index (χ1) is 13.5. The summed E-state index contributed by atoms with van der Waals surface area (Å²) in [6, 6.07) is 7.30. The summed E-state index contributed by atoms with van der Waals surface area (Å²) in [7, 11) is 0. The molecule has 0 spiro atoms. The van der Waals surface area contributed by atoms with E-state index in [0.29, 0.717) is 30.3 Å². The molecule has 0 bridgehead atoms. The van der Waals surface area contributed by atoms with E-state index in [-0.39, 0.29) is 12.4 Å². The Balaban J connectivity index is 1.58. The van der Waals surface area contributed by atoms with Gasteiger partial charge in [0.1, 0.15) is 0 Å². The number of Topliss-reactive ketones (excluding diaryl/α,β-unsaturated/α-hetero) is 1. The molecule has 148 valence electrons. The molecule has 0 atom stereocenters. The number of nitrogens with zero attached hydrogens (tertiary/aromatic N) is 1. The zero-order chi connectivity index (χ0) is 20.1. The number of carbonyl (C=O) groups excluding carboxylic acids is 2. The van der Waals surface area contributed by atoms with Gasteiger partial charge in [0.05, 0.1) is 13.2 Å². The first kappa shape index (κ1) is 19.7. The van der Waals surface area contributed by atoms with Crippen LogP contribution in [0.4, 0.5) is 0 Å². The second-order valence-electron chi connectivity index (χ2n) is 6.65. The number of esters is 1. The Morgan fingerprint density at radius 2 is 1.89 bits per heavy atom. The lowest BCUT2D eigenvalue weighted by Crippen LogP contribution is -2.13. The zero-order valence-corrected chi connectivity index (χ0v) is 16.5. The highest BCUT2D eigenvalue weighted by Gasteiger charge is 2.16. The van der Waals surface area contributed by atoms with Gasteiger partial charge in [0.2, 0.25) is 5.78 Å². The molecule has 1 aliphatic rings. The van der Waals surface area contributed by atoms with Crippen molar-refractivity contribution in [1.29, 1.82) is 0 Å². The fourth-order valence-electron chi connectivity index (χ4n) is 3.28. The van der Waals surface area contributed by atoms with Gasteiger partial charge in [0.25, 0.3) is 0 Å². The smallest absolute Gasteiger partial charge is 0.331 e. The zero-order valence-electron chi connectivity index (χ0n) is 16.5. The van der Waals surface area contributed by atoms with Crippen LogP contribution < -0.4 is 9.47 Å². The third-order valence-corrected chi connectivity index (χ3v) is 4.72. The van der Waals surface area contributed by atoms with Crippen molar-refractivity contribution >= 4 is 17.8 Å². The molecule has 0 aliphatic carbocycles. The monoisotopic (exact) mass is 383 g/mol. The summed E-state index contributed by atoms with van der Waals surface area (Å²) in [5, 5.41) is 0. The SMILES string of the molecule is CCn1c(C)cc(C(=O)COC(=O)/C=C/c2ccc3c(c2)OCCCO3)c1C. The van der Waals surface area contributed by atoms with Crippen LogP contribution in [0, 0.1) is 13.8 Å². The van der Waals surface area contributed by atoms with Crippen molar-refractivity contribution in [3.05, 3.63) is 52.9 Å². The summed E-state index contributed by atoms with van der Waals surface area (Å²) >= 11 is 0. The molecule has 0 amide bonds. The summed E-state index contributed by atoms with van der Waals surface area (Å²) in [6.45, 7) is 7.62. The highest BCUT2D eigenvalue weighted by atomic mass is 16.5. The predicted octanol–water partition coefficient (Wildman–Crippen LogP) is 3.73. The fourth-order valence-corrected chi connectivity index (χ4v) is 3.28. The van der Waals surface area contributed by atoms with Crippen LogP contribution in [0.25, 0.3) is 6.08 Å². The minimum absolute atomic E-state index is 0.204. The van der Waals surface area contributed by atoms with E-state index < -0.39 is 5.97 Å². The largest absolute Gasteiger partial charge is 0.490 e. The van der Waals surface area contributed by atoms with Gasteiger partial charge in [0, 0.05) is 36.0 Å². The molecule has 0 unspecified atom stereocenters. The van der Waals surface area contributed by atoms with Crippen LogP contribution in [-0.2, 0) is 16.1 Å². The van der Waals surface area contributed by atoms with Gasteiger partial charge in [-0.05, 0) is 50.6 Å². The lowest BCUT2D eigenvalue weighted by atomic mass is 10.1. The Bertz CT molecular complexity index is 910. The second kappa shape index (κ2) is 8.78. The maximum absolute atomic E-state index is 12.4. The number of aromatic nitrogens is 1. The van der Waals surface area contributed by atoms with Crippen LogP contribution in [0.15, 0.2) is 30.3 Å². The molecule has 2 aromatic rings. The normalized spacial score (nSPS) is 13.4. The molecular weight excluding hydrogens is 358 g/mol. The molecule has 0 saturated heterocycles. The summed E-state index contributed by atoms with van der Waals surface area (Å²) in [5.41, 5.74) is 3.30. The first-order valence-electron chi connectivity index (χ1n) is 9.44. The lowest BCUT2D eigenvalue weighted by molar-refractivity contribution is -0.136. The van der Waals surface area contributed by atoms with E-state index in [4.69, 9.17) is 14.2 Å². The summed E-state index contributed by atoms with van der Waals surface area (Å²) in [5.74, 6) is 0.594. The highest BCUT2D eigenvalue weighted by Crippen LogP contribution is 2.30. The molecule has 0 N–H and O–H groups in total. The van der Waals surface area contributed by atoms with Gasteiger partial charge in [-0.3, -0.25) is 4.79 Å². The maximum atomic E-state index is 12.4. The third kappa shape index (κ3) is 4.44. The molecule has 0 radical (unpaired) electrons. The maximum Gasteiger partial charge on any atom is 0.331 e. The second-order valence-corrected chi connectivity index (χ2v) is 6.65. The number of hydrogen-bond donors (Lipinski definition) is 0. The molecule has 0 saturated carbocycles. The number of fused-ring (bicyclic) bond motifs is 1. The summed E-state index contributed by atoms with van der Waals surface area (Å²) in [4.78, 5) is 24.4. The van der Waals surface area contributed by atoms with E-state index in [1.165, 1.54) is 6.08 Å². The number of rotatable bonds is 6. The van der Waals surface area contributed by atoms with E-state index in [2.05, 4.69) is 4.57 Å². The van der Waals surface area contributed by atoms with Crippen LogP contribution >= 0.6 is 0 Å². The van der Waals surface area contributed by atoms with Crippen LogP contribution in [0.3, 0.4) is 0 Å². The highest BCUT2D eigenvalue weighted by molar-refractivity contribution is 6.00. The van der Waals surface area contributed by atoms with Crippen LogP contribution in [0.2, 0.25) is 0 Å². The summed E-state index contributed by atoms with van der Waals surface area (Å²) in [6.07, 6.45) is 3.77. The standard InChI is InChI=1S/C22H25NO5/c1-4-23-15(2)12-18(16(23)3)19(24)14-28-22(25)9-7-17-6-8-20-21(13-17)27-11-5-10-26-20/h6-9,12-13H,4-5,10-11,14H2,1-3H3/b9-7+. The molecule has 1 aromatic carbocycles. The quantitative estimate of drug-likeness (QED) is 0.432. The van der Waals surface area contributed by atoms with Crippen molar-refractivity contribution in [2.24, 2.45) is 0 Å². The van der Waals surface area contributed by atoms with Crippen LogP contribution in [0.1, 0.15) is 40.7 Å². The van der Waals surface area contributed by atoms with Gasteiger partial charge in [-0.1, -0.05) is 6.07 Å². The number of benzene rings is 1. The van der Waals surface area contributed by atoms with E-state index >= 15 is 0 Å². The van der Waals surface area contributed by atoms with Crippen LogP contribution in [-0.4, -0.2) is 36.1 Å². The molecule has 3 rings (SSSR count). The van der Waals surface area contributed by atoms with E-state index in [1.54, 1.807) is 6.08 Å². The minimum Gasteiger partial charge on any atom is -0.490 e. The van der Waals surface area contributed by atoms with Crippen molar-refractivity contribution in [2.75, 3.05) is 19.8 Å². The molecule has 1 aliphatic heterocycles. The van der Waals surface area contributed by atoms with Gasteiger partial charge < -0.3 is 18.8 Å². The van der Waals surface area contributed by atoms with Crippen molar-refractivity contribution in [1.82, 2.24) is 4.57 Å². The van der Waals surface area contributed by atoms with E-state index in [1.807, 2.05) is 45.0 Å². The Hall–Kier alpha value is -3.02. The Labute approximate surface area is 164 Å². The number of hydrogen-bond acceptors (Lipinski definition) is 5. The molecule has 28 heavy (non-hydrogen) atoms. The van der Waals surface area contributed by atoms with Crippen molar-refractivity contribution < 1.29 is 23.8 Å². The third-order valence-electron chi connectivity index (χ3n) is 4.72. The van der Waals surface area contributed by atoms with Gasteiger partial charge in [0.15, 0.2) is 18.1 Å². The van der Waals surface area contributed by atoms with E-state index in [9.17, 15) is 9.59 Å². The van der Waals surface area contributed by atoms with Gasteiger partial charge in [-0.25, -0.2) is 4.79 Å². The minimum atomic E-state index is -0.565. The van der Waals surface area contributed by atoms with Gasteiger partial charge in [-0.15, -0.1) is 0 Å². The summed E-state index contributed by atoms with van der Waals surface area (Å²) < 4.78 is 18.4. The predicted molar refractivity (Wildman–Crippen MR) is 106 cm³/mol. The number of carbonyl (C=O) groups is 2. The van der Waals surface area contributed by atoms with Crippen molar-refractivity contribution in [3.63, 3.8) is 0 Å².